The van der Waals surface area contributed by atoms with E-state index >= 15 is 0 Å². The topological polar surface area (TPSA) is 69.0 Å². The minimum Gasteiger partial charge on any atom is -0.345 e. The van der Waals surface area contributed by atoms with Gasteiger partial charge in [-0.3, -0.25) is 4.79 Å². The molecule has 0 bridgehead atoms. The summed E-state index contributed by atoms with van der Waals surface area (Å²) in [4.78, 5) is 18.0. The Morgan fingerprint density at radius 2 is 2.20 bits per heavy atom. The van der Waals surface area contributed by atoms with Crippen LogP contribution in [0.15, 0.2) is 34.6 Å². The van der Waals surface area contributed by atoms with Crippen molar-refractivity contribution in [3.8, 4) is 6.07 Å². The van der Waals surface area contributed by atoms with Crippen LogP contribution in [0.4, 0.5) is 5.82 Å². The summed E-state index contributed by atoms with van der Waals surface area (Å²) >= 11 is 3.34. The molecule has 6 heteroatoms. The predicted octanol–water partition coefficient (Wildman–Crippen LogP) is 2.68. The Hall–Kier alpha value is -1.87. The lowest BCUT2D eigenvalue weighted by molar-refractivity contribution is -0.127. The van der Waals surface area contributed by atoms with Crippen LogP contribution < -0.4 is 5.32 Å². The zero-order valence-corrected chi connectivity index (χ0v) is 12.6. The first-order valence-electron chi connectivity index (χ1n) is 6.48. The van der Waals surface area contributed by atoms with Crippen molar-refractivity contribution in [1.29, 1.82) is 5.26 Å². The molecular weight excluding hydrogens is 320 g/mol. The van der Waals surface area contributed by atoms with Crippen molar-refractivity contribution >= 4 is 27.7 Å². The summed E-state index contributed by atoms with van der Waals surface area (Å²) in [5.74, 6) is 0.369. The maximum atomic E-state index is 12.2. The maximum absolute atomic E-state index is 12.2. The van der Waals surface area contributed by atoms with Crippen LogP contribution in [0.5, 0.6) is 0 Å². The van der Waals surface area contributed by atoms with Gasteiger partial charge in [0.05, 0.1) is 0 Å². The van der Waals surface area contributed by atoms with Crippen LogP contribution in [0.2, 0.25) is 0 Å². The number of halogens is 1. The van der Waals surface area contributed by atoms with Gasteiger partial charge in [0.2, 0.25) is 0 Å². The van der Waals surface area contributed by atoms with E-state index in [1.165, 1.54) is 6.20 Å². The van der Waals surface area contributed by atoms with E-state index in [-0.39, 0.29) is 11.5 Å². The van der Waals surface area contributed by atoms with Crippen LogP contribution in [0.25, 0.3) is 0 Å². The SMILES string of the molecule is N#C/C(=C/Nc1cc(Br)ccn1)C(=O)N1CCCCC1. The molecule has 1 saturated heterocycles. The van der Waals surface area contributed by atoms with Crippen molar-refractivity contribution in [2.24, 2.45) is 0 Å². The number of amides is 1. The molecular formula is C14H15BrN4O. The summed E-state index contributed by atoms with van der Waals surface area (Å²) in [5.41, 5.74) is 0.105. The third-order valence-corrected chi connectivity index (χ3v) is 3.57. The van der Waals surface area contributed by atoms with Crippen molar-refractivity contribution in [2.75, 3.05) is 18.4 Å². The van der Waals surface area contributed by atoms with E-state index in [1.54, 1.807) is 23.2 Å². The fourth-order valence-electron chi connectivity index (χ4n) is 2.04. The Kier molecular flexibility index (Phi) is 5.13. The number of nitrogens with zero attached hydrogens (tertiary/aromatic N) is 3. The molecule has 1 N–H and O–H groups in total. The predicted molar refractivity (Wildman–Crippen MR) is 79.7 cm³/mol. The first-order valence-corrected chi connectivity index (χ1v) is 7.27. The number of hydrogen-bond donors (Lipinski definition) is 1. The number of anilines is 1. The molecule has 1 fully saturated rings. The van der Waals surface area contributed by atoms with Crippen LogP contribution in [0, 0.1) is 11.3 Å². The number of likely N-dealkylation sites (tertiary alicyclic amines) is 1. The maximum Gasteiger partial charge on any atom is 0.266 e. The van der Waals surface area contributed by atoms with Gasteiger partial charge < -0.3 is 10.2 Å². The number of carbonyl (C=O) groups excluding carboxylic acids is 1. The fourth-order valence-corrected chi connectivity index (χ4v) is 2.37. The molecule has 1 aliphatic heterocycles. The first kappa shape index (κ1) is 14.5. The highest BCUT2D eigenvalue weighted by molar-refractivity contribution is 9.10. The second-order valence-corrected chi connectivity index (χ2v) is 5.44. The van der Waals surface area contributed by atoms with Crippen molar-refractivity contribution < 1.29 is 4.79 Å². The zero-order valence-electron chi connectivity index (χ0n) is 11.0. The normalized spacial score (nSPS) is 15.6. The number of nitriles is 1. The molecule has 5 nitrogen and oxygen atoms in total. The van der Waals surface area contributed by atoms with Crippen molar-refractivity contribution in [3.63, 3.8) is 0 Å². The van der Waals surface area contributed by atoms with Crippen molar-refractivity contribution in [1.82, 2.24) is 9.88 Å². The highest BCUT2D eigenvalue weighted by Crippen LogP contribution is 2.14. The van der Waals surface area contributed by atoms with Gasteiger partial charge in [-0.2, -0.15) is 5.26 Å². The number of pyridine rings is 1. The van der Waals surface area contributed by atoms with Gasteiger partial charge in [-0.05, 0) is 31.4 Å². The van der Waals surface area contributed by atoms with Gasteiger partial charge in [-0.25, -0.2) is 4.98 Å². The molecule has 0 saturated carbocycles. The summed E-state index contributed by atoms with van der Waals surface area (Å²) in [6.45, 7) is 1.46. The average Bonchev–Trinajstić information content (AvgIpc) is 2.48. The third-order valence-electron chi connectivity index (χ3n) is 3.08. The lowest BCUT2D eigenvalue weighted by Gasteiger charge is -2.26. The molecule has 2 rings (SSSR count). The summed E-state index contributed by atoms with van der Waals surface area (Å²) in [7, 11) is 0. The minimum atomic E-state index is -0.213. The van der Waals surface area contributed by atoms with E-state index < -0.39 is 0 Å². The molecule has 0 atom stereocenters. The van der Waals surface area contributed by atoms with Gasteiger partial charge in [0.15, 0.2) is 0 Å². The van der Waals surface area contributed by atoms with Gasteiger partial charge in [-0.15, -0.1) is 0 Å². The lowest BCUT2D eigenvalue weighted by Crippen LogP contribution is -2.36. The first-order chi connectivity index (χ1) is 9.70. The molecule has 0 aromatic carbocycles. The Morgan fingerprint density at radius 3 is 2.85 bits per heavy atom. The highest BCUT2D eigenvalue weighted by Gasteiger charge is 2.20. The van der Waals surface area contributed by atoms with Gasteiger partial charge in [0.25, 0.3) is 5.91 Å². The van der Waals surface area contributed by atoms with Gasteiger partial charge in [0.1, 0.15) is 17.5 Å². The molecule has 0 radical (unpaired) electrons. The molecule has 0 aliphatic carbocycles. The second kappa shape index (κ2) is 7.06. The van der Waals surface area contributed by atoms with Crippen LogP contribution in [0.3, 0.4) is 0 Å². The van der Waals surface area contributed by atoms with Gasteiger partial charge in [-0.1, -0.05) is 15.9 Å². The summed E-state index contributed by atoms with van der Waals surface area (Å²) < 4.78 is 0.879. The molecule has 1 amide bonds. The molecule has 104 valence electrons. The van der Waals surface area contributed by atoms with E-state index in [9.17, 15) is 4.79 Å². The third kappa shape index (κ3) is 3.81. The monoisotopic (exact) mass is 334 g/mol. The molecule has 2 heterocycles. The molecule has 1 aromatic heterocycles. The lowest BCUT2D eigenvalue weighted by atomic mass is 10.1. The fraction of sp³-hybridized carbons (Fsp3) is 0.357. The molecule has 0 unspecified atom stereocenters. The Bertz CT molecular complexity index is 559. The summed E-state index contributed by atoms with van der Waals surface area (Å²) in [6.07, 6.45) is 6.22. The van der Waals surface area contributed by atoms with E-state index in [0.717, 1.165) is 36.8 Å². The minimum absolute atomic E-state index is 0.105. The van der Waals surface area contributed by atoms with Crippen molar-refractivity contribution in [2.45, 2.75) is 19.3 Å². The molecule has 20 heavy (non-hydrogen) atoms. The van der Waals surface area contributed by atoms with E-state index in [1.807, 2.05) is 6.07 Å². The molecule has 0 spiro atoms. The smallest absolute Gasteiger partial charge is 0.266 e. The average molecular weight is 335 g/mol. The van der Waals surface area contributed by atoms with Crippen LogP contribution >= 0.6 is 15.9 Å². The molecule has 1 aromatic rings. The number of rotatable bonds is 3. The quantitative estimate of drug-likeness (QED) is 0.681. The number of nitrogens with one attached hydrogen (secondary N) is 1. The number of hydrogen-bond acceptors (Lipinski definition) is 4. The Labute approximate surface area is 126 Å². The van der Waals surface area contributed by atoms with Crippen LogP contribution in [-0.2, 0) is 4.79 Å². The summed E-state index contributed by atoms with van der Waals surface area (Å²) in [5, 5.41) is 12.0. The van der Waals surface area contributed by atoms with Gasteiger partial charge >= 0.3 is 0 Å². The Morgan fingerprint density at radius 1 is 1.45 bits per heavy atom. The number of carbonyl (C=O) groups is 1. The van der Waals surface area contributed by atoms with Crippen LogP contribution in [-0.4, -0.2) is 28.9 Å². The molecule has 1 aliphatic rings. The van der Waals surface area contributed by atoms with E-state index in [0.29, 0.717) is 5.82 Å². The van der Waals surface area contributed by atoms with Gasteiger partial charge in [0, 0.05) is 30.0 Å². The summed E-state index contributed by atoms with van der Waals surface area (Å²) in [6, 6.07) is 5.53. The Balaban J connectivity index is 2.05. The zero-order chi connectivity index (χ0) is 14.4. The second-order valence-electron chi connectivity index (χ2n) is 4.53. The van der Waals surface area contributed by atoms with E-state index in [2.05, 4.69) is 26.2 Å². The highest BCUT2D eigenvalue weighted by atomic mass is 79.9. The van der Waals surface area contributed by atoms with E-state index in [4.69, 9.17) is 5.26 Å². The number of piperidine rings is 1. The standard InChI is InChI=1S/C14H15BrN4O/c15-12-4-5-17-13(8-12)18-10-11(9-16)14(20)19-6-2-1-3-7-19/h4-5,8,10H,1-3,6-7H2,(H,17,18)/b11-10-. The number of aromatic nitrogens is 1. The largest absolute Gasteiger partial charge is 0.345 e. The van der Waals surface area contributed by atoms with Crippen LogP contribution in [0.1, 0.15) is 19.3 Å². The van der Waals surface area contributed by atoms with Crippen molar-refractivity contribution in [3.05, 3.63) is 34.6 Å².